The number of pyridine rings is 2. The SMILES string of the molecule is CCCCC(C)(CO)Nc1nc(N)nc2cc(-c3cc(=O)[nH]cc3CNC)cnc12. The Balaban J connectivity index is 2.07. The van der Waals surface area contributed by atoms with Crippen molar-refractivity contribution in [3.63, 3.8) is 0 Å². The molecule has 1 unspecified atom stereocenters. The lowest BCUT2D eigenvalue weighted by atomic mass is 9.96. The molecule has 0 radical (unpaired) electrons. The van der Waals surface area contributed by atoms with Crippen LogP contribution in [0, 0.1) is 0 Å². The fourth-order valence-electron chi connectivity index (χ4n) is 3.41. The van der Waals surface area contributed by atoms with Gasteiger partial charge in [-0.1, -0.05) is 19.8 Å². The topological polar surface area (TPSA) is 142 Å². The van der Waals surface area contributed by atoms with E-state index in [-0.39, 0.29) is 18.1 Å². The van der Waals surface area contributed by atoms with E-state index in [2.05, 4.69) is 37.5 Å². The summed E-state index contributed by atoms with van der Waals surface area (Å²) >= 11 is 0. The molecule has 0 fully saturated rings. The molecule has 0 saturated heterocycles. The molecule has 0 aliphatic carbocycles. The van der Waals surface area contributed by atoms with Crippen molar-refractivity contribution in [3.05, 3.63) is 40.4 Å². The number of rotatable bonds is 9. The Morgan fingerprint density at radius 2 is 2.10 bits per heavy atom. The van der Waals surface area contributed by atoms with Gasteiger partial charge in [-0.2, -0.15) is 4.98 Å². The minimum absolute atomic E-state index is 0.0450. The summed E-state index contributed by atoms with van der Waals surface area (Å²) in [5, 5.41) is 16.3. The number of hydrogen-bond acceptors (Lipinski definition) is 8. The average Bonchev–Trinajstić information content (AvgIpc) is 2.73. The number of aromatic amines is 1. The van der Waals surface area contributed by atoms with Crippen molar-refractivity contribution in [2.45, 2.75) is 45.2 Å². The molecular formula is C21H29N7O2. The number of nitrogens with zero attached hydrogens (tertiary/aromatic N) is 3. The number of nitrogens with two attached hydrogens (primary N) is 1. The number of hydrogen-bond donors (Lipinski definition) is 5. The van der Waals surface area contributed by atoms with Gasteiger partial charge in [0.05, 0.1) is 17.7 Å². The number of aromatic nitrogens is 4. The molecule has 0 aliphatic heterocycles. The Kier molecular flexibility index (Phi) is 6.63. The lowest BCUT2D eigenvalue weighted by Gasteiger charge is -2.29. The summed E-state index contributed by atoms with van der Waals surface area (Å²) in [7, 11) is 1.84. The molecular weight excluding hydrogens is 382 g/mol. The van der Waals surface area contributed by atoms with Crippen molar-refractivity contribution in [2.24, 2.45) is 0 Å². The van der Waals surface area contributed by atoms with Crippen LogP contribution in [0.3, 0.4) is 0 Å². The van der Waals surface area contributed by atoms with E-state index >= 15 is 0 Å². The molecule has 30 heavy (non-hydrogen) atoms. The van der Waals surface area contributed by atoms with Crippen LogP contribution in [0.25, 0.3) is 22.2 Å². The quantitative estimate of drug-likeness (QED) is 0.360. The zero-order chi connectivity index (χ0) is 21.7. The molecule has 9 nitrogen and oxygen atoms in total. The van der Waals surface area contributed by atoms with Gasteiger partial charge < -0.3 is 26.5 Å². The van der Waals surface area contributed by atoms with Crippen molar-refractivity contribution in [1.29, 1.82) is 0 Å². The van der Waals surface area contributed by atoms with Crippen molar-refractivity contribution in [3.8, 4) is 11.1 Å². The van der Waals surface area contributed by atoms with Crippen LogP contribution in [-0.2, 0) is 6.54 Å². The van der Waals surface area contributed by atoms with Crippen molar-refractivity contribution >= 4 is 22.8 Å². The van der Waals surface area contributed by atoms with Crippen LogP contribution in [-0.4, -0.2) is 44.2 Å². The van der Waals surface area contributed by atoms with Gasteiger partial charge in [-0.15, -0.1) is 0 Å². The first-order chi connectivity index (χ1) is 14.4. The number of aliphatic hydroxyl groups excluding tert-OH is 1. The predicted molar refractivity (Wildman–Crippen MR) is 119 cm³/mol. The summed E-state index contributed by atoms with van der Waals surface area (Å²) in [6.45, 7) is 4.60. The van der Waals surface area contributed by atoms with Gasteiger partial charge in [-0.25, -0.2) is 4.98 Å². The maximum atomic E-state index is 11.9. The number of nitrogens with one attached hydrogen (secondary N) is 3. The van der Waals surface area contributed by atoms with Crippen molar-refractivity contribution < 1.29 is 5.11 Å². The van der Waals surface area contributed by atoms with Crippen LogP contribution in [0.5, 0.6) is 0 Å². The summed E-state index contributed by atoms with van der Waals surface area (Å²) in [5.41, 5.74) is 8.82. The number of nitrogen functional groups attached to an aromatic ring is 1. The fraction of sp³-hybridized carbons (Fsp3) is 0.429. The second kappa shape index (κ2) is 9.19. The molecule has 0 aliphatic rings. The van der Waals surface area contributed by atoms with Crippen molar-refractivity contribution in [2.75, 3.05) is 24.7 Å². The van der Waals surface area contributed by atoms with Crippen LogP contribution in [0.4, 0.5) is 11.8 Å². The van der Waals surface area contributed by atoms with Crippen LogP contribution < -0.4 is 21.9 Å². The molecule has 3 aromatic rings. The van der Waals surface area contributed by atoms with E-state index in [4.69, 9.17) is 5.73 Å². The van der Waals surface area contributed by atoms with E-state index in [1.807, 2.05) is 20.0 Å². The van der Waals surface area contributed by atoms with Crippen LogP contribution in [0.1, 0.15) is 38.7 Å². The summed E-state index contributed by atoms with van der Waals surface area (Å²) < 4.78 is 0. The molecule has 0 aromatic carbocycles. The minimum atomic E-state index is -0.545. The molecule has 3 aromatic heterocycles. The van der Waals surface area contributed by atoms with E-state index in [9.17, 15) is 9.90 Å². The van der Waals surface area contributed by atoms with Gasteiger partial charge in [0.15, 0.2) is 5.82 Å². The Morgan fingerprint density at radius 1 is 1.30 bits per heavy atom. The average molecular weight is 412 g/mol. The summed E-state index contributed by atoms with van der Waals surface area (Å²) in [5.74, 6) is 0.596. The molecule has 1 atom stereocenters. The maximum Gasteiger partial charge on any atom is 0.248 e. The zero-order valence-corrected chi connectivity index (χ0v) is 17.6. The van der Waals surface area contributed by atoms with Crippen LogP contribution >= 0.6 is 0 Å². The van der Waals surface area contributed by atoms with E-state index in [1.165, 1.54) is 0 Å². The molecule has 3 heterocycles. The van der Waals surface area contributed by atoms with E-state index in [1.54, 1.807) is 18.5 Å². The summed E-state index contributed by atoms with van der Waals surface area (Å²) in [6.07, 6.45) is 6.17. The molecule has 3 rings (SSSR count). The Morgan fingerprint density at radius 3 is 2.80 bits per heavy atom. The van der Waals surface area contributed by atoms with E-state index in [0.717, 1.165) is 36.0 Å². The molecule has 0 spiro atoms. The molecule has 0 amide bonds. The molecule has 0 saturated carbocycles. The largest absolute Gasteiger partial charge is 0.394 e. The lowest BCUT2D eigenvalue weighted by Crippen LogP contribution is -2.39. The van der Waals surface area contributed by atoms with E-state index in [0.29, 0.717) is 23.4 Å². The Hall–Kier alpha value is -3.04. The zero-order valence-electron chi connectivity index (χ0n) is 17.6. The second-order valence-corrected chi connectivity index (χ2v) is 7.74. The van der Waals surface area contributed by atoms with Gasteiger partial charge in [0.25, 0.3) is 0 Å². The second-order valence-electron chi connectivity index (χ2n) is 7.74. The summed E-state index contributed by atoms with van der Waals surface area (Å²) in [6, 6.07) is 3.40. The number of H-pyrrole nitrogens is 1. The minimum Gasteiger partial charge on any atom is -0.394 e. The highest BCUT2D eigenvalue weighted by Crippen LogP contribution is 2.29. The third kappa shape index (κ3) is 4.74. The van der Waals surface area contributed by atoms with Crippen molar-refractivity contribution in [1.82, 2.24) is 25.3 Å². The molecule has 160 valence electrons. The highest BCUT2D eigenvalue weighted by molar-refractivity contribution is 5.89. The first-order valence-electron chi connectivity index (χ1n) is 10.1. The first kappa shape index (κ1) is 21.7. The van der Waals surface area contributed by atoms with Gasteiger partial charge in [0.2, 0.25) is 11.5 Å². The van der Waals surface area contributed by atoms with E-state index < -0.39 is 5.54 Å². The third-order valence-electron chi connectivity index (χ3n) is 5.09. The number of unbranched alkanes of at least 4 members (excludes halogenated alkanes) is 1. The summed E-state index contributed by atoms with van der Waals surface area (Å²) in [4.78, 5) is 27.8. The smallest absolute Gasteiger partial charge is 0.248 e. The van der Waals surface area contributed by atoms with Gasteiger partial charge in [0, 0.05) is 30.6 Å². The number of aliphatic hydroxyl groups is 1. The predicted octanol–water partition coefficient (Wildman–Crippen LogP) is 2.03. The third-order valence-corrected chi connectivity index (χ3v) is 5.09. The monoisotopic (exact) mass is 411 g/mol. The van der Waals surface area contributed by atoms with Crippen LogP contribution in [0.15, 0.2) is 29.3 Å². The normalized spacial score (nSPS) is 13.3. The lowest BCUT2D eigenvalue weighted by molar-refractivity contribution is 0.212. The van der Waals surface area contributed by atoms with Gasteiger partial charge in [-0.05, 0) is 37.6 Å². The van der Waals surface area contributed by atoms with Crippen LogP contribution in [0.2, 0.25) is 0 Å². The fourth-order valence-corrected chi connectivity index (χ4v) is 3.41. The van der Waals surface area contributed by atoms with Gasteiger partial charge in [-0.3, -0.25) is 9.78 Å². The molecule has 9 heteroatoms. The van der Waals surface area contributed by atoms with Gasteiger partial charge in [0.1, 0.15) is 5.52 Å². The standard InChI is InChI=1S/C21H29N7O2/c1-4-5-6-21(2,12-29)28-19-18-16(26-20(22)27-19)7-13(10-25-18)15-8-17(30)24-11-14(15)9-23-3/h7-8,10-11,23,29H,4-6,9,12H2,1-3H3,(H,24,30)(H3,22,26,27,28). The Bertz CT molecular complexity index is 1080. The maximum absolute atomic E-state index is 11.9. The number of fused-ring (bicyclic) bond motifs is 1. The van der Waals surface area contributed by atoms with Gasteiger partial charge >= 0.3 is 0 Å². The molecule has 0 bridgehead atoms. The highest BCUT2D eigenvalue weighted by Gasteiger charge is 2.25. The first-order valence-corrected chi connectivity index (χ1v) is 10.1. The Labute approximate surface area is 175 Å². The highest BCUT2D eigenvalue weighted by atomic mass is 16.3. The molecule has 6 N–H and O–H groups in total. The number of anilines is 2.